The third-order valence-electron chi connectivity index (χ3n) is 18.7. The van der Waals surface area contributed by atoms with Gasteiger partial charge in [-0.15, -0.1) is 45.3 Å². The second kappa shape index (κ2) is 38.9. The van der Waals surface area contributed by atoms with Crippen LogP contribution in [0.5, 0.6) is 0 Å². The zero-order valence-electron chi connectivity index (χ0n) is 53.8. The molecule has 6 heterocycles. The Hall–Kier alpha value is -3.30. The molecule has 84 heavy (non-hydrogen) atoms. The summed E-state index contributed by atoms with van der Waals surface area (Å²) in [5.74, 6) is 1.46. The maximum Gasteiger partial charge on any atom is 0.206 e. The fourth-order valence-corrected chi connectivity index (χ4v) is 17.9. The summed E-state index contributed by atoms with van der Waals surface area (Å²) in [4.78, 5) is 47.7. The summed E-state index contributed by atoms with van der Waals surface area (Å²) < 4.78 is 0. The van der Waals surface area contributed by atoms with Crippen molar-refractivity contribution in [2.45, 2.75) is 311 Å². The summed E-state index contributed by atoms with van der Waals surface area (Å²) in [6.45, 7) is 13.9. The average molecular weight is 1210 g/mol. The summed E-state index contributed by atoms with van der Waals surface area (Å²) in [5.41, 5.74) is 5.55. The van der Waals surface area contributed by atoms with Crippen molar-refractivity contribution < 1.29 is 0 Å². The fraction of sp³-hybridized carbons (Fsp3) is 0.658. The van der Waals surface area contributed by atoms with Crippen molar-refractivity contribution in [2.24, 2.45) is 11.8 Å². The quantitative estimate of drug-likeness (QED) is 0.0357. The first kappa shape index (κ1) is 68.2. The van der Waals surface area contributed by atoms with Crippen LogP contribution in [-0.2, 0) is 12.8 Å². The van der Waals surface area contributed by atoms with E-state index in [-0.39, 0.29) is 10.9 Å². The van der Waals surface area contributed by atoms with Gasteiger partial charge in [-0.1, -0.05) is 285 Å². The van der Waals surface area contributed by atoms with Crippen molar-refractivity contribution in [1.82, 2.24) is 9.97 Å². The molecule has 0 spiro atoms. The highest BCUT2D eigenvalue weighted by Crippen LogP contribution is 2.48. The maximum absolute atomic E-state index is 14.1. The van der Waals surface area contributed by atoms with Crippen LogP contribution < -0.4 is 10.9 Å². The number of aromatic nitrogens is 2. The van der Waals surface area contributed by atoms with E-state index in [0.717, 1.165) is 45.6 Å². The van der Waals surface area contributed by atoms with Crippen LogP contribution in [0.25, 0.3) is 62.2 Å². The zero-order chi connectivity index (χ0) is 59.1. The molecule has 0 aliphatic heterocycles. The third-order valence-corrected chi connectivity index (χ3v) is 23.5. The molecule has 0 aliphatic rings. The summed E-state index contributed by atoms with van der Waals surface area (Å²) >= 11 is 7.27. The number of aryl methyl sites for hydroxylation is 2. The summed E-state index contributed by atoms with van der Waals surface area (Å²) in [7, 11) is 0. The number of unbranched alkanes of at least 4 members (excludes halogenated alkanes) is 32. The number of hydrogen-bond donors (Lipinski definition) is 0. The van der Waals surface area contributed by atoms with Gasteiger partial charge in [0.05, 0.1) is 34.2 Å². The van der Waals surface area contributed by atoms with E-state index >= 15 is 0 Å². The molecular weight excluding hydrogens is 1100 g/mol. The minimum Gasteiger partial charge on any atom is -0.287 e. The minimum absolute atomic E-state index is 0.109. The predicted octanol–water partition coefficient (Wildman–Crippen LogP) is 25.9. The number of rotatable bonds is 48. The monoisotopic (exact) mass is 1210 g/mol. The van der Waals surface area contributed by atoms with Crippen molar-refractivity contribution >= 4 is 67.2 Å². The molecule has 6 aromatic heterocycles. The Kier molecular flexibility index (Phi) is 31.6. The van der Waals surface area contributed by atoms with Crippen LogP contribution in [0.4, 0.5) is 0 Å². The van der Waals surface area contributed by atoms with Crippen molar-refractivity contribution in [3.63, 3.8) is 0 Å². The molecule has 7 aromatic rings. The Morgan fingerprint density at radius 1 is 0.333 bits per heavy atom. The molecule has 4 nitrogen and oxygen atoms in total. The summed E-state index contributed by atoms with van der Waals surface area (Å²) in [5, 5.41) is 1.16. The van der Waals surface area contributed by atoms with E-state index in [0.29, 0.717) is 21.8 Å². The van der Waals surface area contributed by atoms with Gasteiger partial charge in [-0.25, -0.2) is 0 Å². The molecule has 0 fully saturated rings. The minimum atomic E-state index is -0.109. The van der Waals surface area contributed by atoms with E-state index in [9.17, 15) is 9.59 Å². The SMILES string of the molecule is CCCCCCCCCCCCC(CCCCCCCCCC)Cc1cc(-c2ccc(-c3c4ncc(=O)c4c(-c4ccc(-c5cc(CC(CCCCCCCCCC)CCCCCCCCCCCC)c(C)s5)s4)c4ncc(=O)c34)s2)sc1C. The topological polar surface area (TPSA) is 59.9 Å². The van der Waals surface area contributed by atoms with Gasteiger partial charge in [0.2, 0.25) is 10.9 Å². The second-order valence-corrected chi connectivity index (χ2v) is 30.4. The molecule has 0 aliphatic carbocycles. The highest BCUT2D eigenvalue weighted by molar-refractivity contribution is 7.24. The Labute approximate surface area is 527 Å². The third kappa shape index (κ3) is 21.5. The van der Waals surface area contributed by atoms with E-state index < -0.39 is 0 Å². The lowest BCUT2D eigenvalue weighted by molar-refractivity contribution is 0.399. The molecular formula is C76H112N2O2S4. The van der Waals surface area contributed by atoms with E-state index in [1.165, 1.54) is 310 Å². The number of fused-ring (bicyclic) bond motifs is 2. The van der Waals surface area contributed by atoms with Gasteiger partial charge in [-0.05, 0) is 86.1 Å². The lowest BCUT2D eigenvalue weighted by atomic mass is 9.88. The molecule has 2 unspecified atom stereocenters. The first-order valence-corrected chi connectivity index (χ1v) is 38.3. The number of thiophene rings is 4. The van der Waals surface area contributed by atoms with E-state index in [2.05, 4.69) is 77.9 Å². The highest BCUT2D eigenvalue weighted by Gasteiger charge is 2.27. The molecule has 0 amide bonds. The molecule has 0 bridgehead atoms. The second-order valence-electron chi connectivity index (χ2n) is 25.8. The van der Waals surface area contributed by atoms with Gasteiger partial charge in [-0.3, -0.25) is 19.6 Å². The van der Waals surface area contributed by atoms with Gasteiger partial charge in [0.1, 0.15) is 0 Å². The number of nitrogens with zero attached hydrogens (tertiary/aromatic N) is 2. The molecule has 0 radical (unpaired) electrons. The van der Waals surface area contributed by atoms with E-state index in [1.807, 2.05) is 22.7 Å². The molecule has 8 heteroatoms. The average Bonchev–Trinajstić information content (AvgIpc) is 4.04. The first-order chi connectivity index (χ1) is 41.2. The molecule has 0 saturated carbocycles. The van der Waals surface area contributed by atoms with E-state index in [4.69, 9.17) is 9.97 Å². The smallest absolute Gasteiger partial charge is 0.206 e. The van der Waals surface area contributed by atoms with Gasteiger partial charge in [0, 0.05) is 50.1 Å². The van der Waals surface area contributed by atoms with Crippen LogP contribution in [-0.4, -0.2) is 9.97 Å². The largest absolute Gasteiger partial charge is 0.287 e. The lowest BCUT2D eigenvalue weighted by Crippen LogP contribution is -2.05. The number of benzene rings is 1. The highest BCUT2D eigenvalue weighted by atomic mass is 32.1. The van der Waals surface area contributed by atoms with Gasteiger partial charge >= 0.3 is 0 Å². The fourth-order valence-electron chi connectivity index (χ4n) is 13.5. The zero-order valence-corrected chi connectivity index (χ0v) is 57.1. The van der Waals surface area contributed by atoms with Crippen molar-refractivity contribution in [2.75, 3.05) is 0 Å². The molecule has 1 aromatic carbocycles. The normalized spacial score (nSPS) is 12.7. The summed E-state index contributed by atoms with van der Waals surface area (Å²) in [6.07, 6.45) is 60.3. The Balaban J connectivity index is 1.04. The first-order valence-electron chi connectivity index (χ1n) is 35.0. The molecule has 0 saturated heterocycles. The van der Waals surface area contributed by atoms with Crippen molar-refractivity contribution in [3.05, 3.63) is 90.1 Å². The molecule has 462 valence electrons. The van der Waals surface area contributed by atoms with Crippen LogP contribution in [0.15, 0.2) is 58.4 Å². The Bertz CT molecular complexity index is 2790. The van der Waals surface area contributed by atoms with Crippen LogP contribution in [0.2, 0.25) is 0 Å². The standard InChI is InChI=1S/C76H112N2O2S4/c1-7-11-15-19-23-27-29-33-37-41-45-59(43-39-35-31-25-21-17-13-9-3)51-61-53-69(81-57(61)5)65-47-49-67(83-65)73-71-63(79)55-78-76(71)74(72-64(80)56-77-75(72)73)68-50-48-66(84-68)70-54-62(58(6)82-70)52-60(44-40-36-32-26-22-18-14-10-4)46-42-38-34-30-28-24-20-16-12-8-2/h47-50,53-56,59-60H,7-46,51-52H2,1-6H3. The molecule has 0 N–H and O–H groups in total. The Morgan fingerprint density at radius 2 is 0.595 bits per heavy atom. The van der Waals surface area contributed by atoms with E-state index in [1.54, 1.807) is 22.7 Å². The van der Waals surface area contributed by atoms with Crippen LogP contribution in [0.1, 0.15) is 305 Å². The van der Waals surface area contributed by atoms with Crippen LogP contribution in [0.3, 0.4) is 0 Å². The van der Waals surface area contributed by atoms with Gasteiger partial charge < -0.3 is 0 Å². The van der Waals surface area contributed by atoms with Gasteiger partial charge in [-0.2, -0.15) is 0 Å². The Morgan fingerprint density at radius 3 is 0.881 bits per heavy atom. The van der Waals surface area contributed by atoms with Gasteiger partial charge in [0.25, 0.3) is 0 Å². The predicted molar refractivity (Wildman–Crippen MR) is 376 cm³/mol. The van der Waals surface area contributed by atoms with Crippen molar-refractivity contribution in [3.8, 4) is 40.4 Å². The lowest BCUT2D eigenvalue weighted by Gasteiger charge is -2.17. The van der Waals surface area contributed by atoms with Gasteiger partial charge in [0.15, 0.2) is 0 Å². The van der Waals surface area contributed by atoms with Crippen molar-refractivity contribution in [1.29, 1.82) is 0 Å². The van der Waals surface area contributed by atoms with Crippen LogP contribution in [0, 0.1) is 25.7 Å². The van der Waals surface area contributed by atoms with Crippen LogP contribution >= 0.6 is 45.3 Å². The maximum atomic E-state index is 14.1. The summed E-state index contributed by atoms with van der Waals surface area (Å²) in [6, 6.07) is 13.7. The molecule has 7 rings (SSSR count). The molecule has 2 atom stereocenters. The number of hydrogen-bond acceptors (Lipinski definition) is 8.